The van der Waals surface area contributed by atoms with Crippen LogP contribution in [0.15, 0.2) is 47.4 Å². The van der Waals surface area contributed by atoms with Crippen molar-refractivity contribution in [3.63, 3.8) is 0 Å². The number of hydrogen-bond donors (Lipinski definition) is 2. The van der Waals surface area contributed by atoms with Gasteiger partial charge in [0, 0.05) is 0 Å². The van der Waals surface area contributed by atoms with Gasteiger partial charge in [-0.2, -0.15) is 0 Å². The molecule has 0 radical (unpaired) electrons. The van der Waals surface area contributed by atoms with Gasteiger partial charge in [0.2, 0.25) is 0 Å². The van der Waals surface area contributed by atoms with E-state index in [1.165, 1.54) is 18.2 Å². The third-order valence-electron chi connectivity index (χ3n) is 2.61. The predicted octanol–water partition coefficient (Wildman–Crippen LogP) is 3.15. The van der Waals surface area contributed by atoms with Crippen LogP contribution in [0, 0.1) is 6.92 Å². The lowest BCUT2D eigenvalue weighted by molar-refractivity contribution is 0.477. The molecule has 0 amide bonds. The molecule has 0 saturated carbocycles. The normalized spacial score (nSPS) is 11.3. The van der Waals surface area contributed by atoms with Crippen molar-refractivity contribution in [2.75, 3.05) is 4.72 Å². The highest BCUT2D eigenvalue weighted by Crippen LogP contribution is 2.30. The van der Waals surface area contributed by atoms with Crippen molar-refractivity contribution < 1.29 is 13.5 Å². The molecule has 2 rings (SSSR count). The van der Waals surface area contributed by atoms with E-state index < -0.39 is 10.0 Å². The molecule has 100 valence electrons. The zero-order chi connectivity index (χ0) is 14.0. The fraction of sp³-hybridized carbons (Fsp3) is 0.0769. The average Bonchev–Trinajstić information content (AvgIpc) is 2.34. The Kier molecular flexibility index (Phi) is 3.68. The fourth-order valence-corrected chi connectivity index (χ4v) is 3.30. The number of phenols is 1. The number of phenolic OH excluding ortho intramolecular Hbond substituents is 1. The van der Waals surface area contributed by atoms with E-state index in [1.54, 1.807) is 31.2 Å². The number of aryl methyl sites for hydroxylation is 1. The maximum Gasteiger partial charge on any atom is 0.263 e. The van der Waals surface area contributed by atoms with Crippen molar-refractivity contribution in [3.05, 3.63) is 53.1 Å². The Balaban J connectivity index is 2.46. The summed E-state index contributed by atoms with van der Waals surface area (Å²) < 4.78 is 26.8. The lowest BCUT2D eigenvalue weighted by Gasteiger charge is -2.12. The molecule has 2 aromatic rings. The number of para-hydroxylation sites is 1. The summed E-state index contributed by atoms with van der Waals surface area (Å²) in [6.07, 6.45) is 0. The minimum atomic E-state index is -3.83. The molecule has 0 fully saturated rings. The molecule has 0 spiro atoms. The van der Waals surface area contributed by atoms with E-state index in [0.717, 1.165) is 0 Å². The summed E-state index contributed by atoms with van der Waals surface area (Å²) in [5.74, 6) is -0.129. The Labute approximate surface area is 116 Å². The van der Waals surface area contributed by atoms with Crippen molar-refractivity contribution in [3.8, 4) is 5.75 Å². The molecular weight excluding hydrogens is 286 g/mol. The van der Waals surface area contributed by atoms with Crippen LogP contribution in [0.4, 0.5) is 5.69 Å². The summed E-state index contributed by atoms with van der Waals surface area (Å²) in [6.45, 7) is 1.70. The number of hydrogen-bond acceptors (Lipinski definition) is 3. The van der Waals surface area contributed by atoms with Crippen molar-refractivity contribution in [1.29, 1.82) is 0 Å². The van der Waals surface area contributed by atoms with Crippen LogP contribution >= 0.6 is 11.6 Å². The minimum Gasteiger partial charge on any atom is -0.506 e. The highest BCUT2D eigenvalue weighted by atomic mass is 35.5. The van der Waals surface area contributed by atoms with Crippen molar-refractivity contribution >= 4 is 27.3 Å². The van der Waals surface area contributed by atoms with Crippen molar-refractivity contribution in [2.24, 2.45) is 0 Å². The summed E-state index contributed by atoms with van der Waals surface area (Å²) in [5.41, 5.74) is 0.776. The second-order valence-corrected chi connectivity index (χ2v) is 6.06. The Bertz CT molecular complexity index is 693. The first-order valence-electron chi connectivity index (χ1n) is 5.48. The first-order chi connectivity index (χ1) is 8.92. The topological polar surface area (TPSA) is 66.4 Å². The molecule has 0 aliphatic carbocycles. The monoisotopic (exact) mass is 297 g/mol. The first kappa shape index (κ1) is 13.7. The molecule has 0 bridgehead atoms. The average molecular weight is 298 g/mol. The third-order valence-corrected chi connectivity index (χ3v) is 4.46. The summed E-state index contributed by atoms with van der Waals surface area (Å²) in [7, 11) is -3.83. The van der Waals surface area contributed by atoms with Gasteiger partial charge in [-0.05, 0) is 30.7 Å². The van der Waals surface area contributed by atoms with Gasteiger partial charge in [0.1, 0.15) is 10.6 Å². The summed E-state index contributed by atoms with van der Waals surface area (Å²) >= 11 is 5.87. The quantitative estimate of drug-likeness (QED) is 0.855. The van der Waals surface area contributed by atoms with Crippen LogP contribution in [0.2, 0.25) is 5.02 Å². The lowest BCUT2D eigenvalue weighted by atomic mass is 10.2. The Morgan fingerprint density at radius 1 is 1.11 bits per heavy atom. The molecule has 0 atom stereocenters. The molecule has 0 aliphatic heterocycles. The molecule has 19 heavy (non-hydrogen) atoms. The van der Waals surface area contributed by atoms with Gasteiger partial charge in [0.15, 0.2) is 0 Å². The summed E-state index contributed by atoms with van der Waals surface area (Å²) in [4.78, 5) is -0.0284. The van der Waals surface area contributed by atoms with E-state index in [2.05, 4.69) is 4.72 Å². The predicted molar refractivity (Wildman–Crippen MR) is 75.1 cm³/mol. The SMILES string of the molecule is Cc1cccc(O)c1NS(=O)(=O)c1ccccc1Cl. The lowest BCUT2D eigenvalue weighted by Crippen LogP contribution is -2.14. The highest BCUT2D eigenvalue weighted by molar-refractivity contribution is 7.92. The molecule has 0 heterocycles. The van der Waals surface area contributed by atoms with E-state index in [4.69, 9.17) is 11.6 Å². The number of rotatable bonds is 3. The molecule has 2 N–H and O–H groups in total. The van der Waals surface area contributed by atoms with Gasteiger partial charge in [-0.25, -0.2) is 8.42 Å². The van der Waals surface area contributed by atoms with Gasteiger partial charge >= 0.3 is 0 Å². The van der Waals surface area contributed by atoms with E-state index in [-0.39, 0.29) is 21.4 Å². The Hall–Kier alpha value is -1.72. The van der Waals surface area contributed by atoms with Crippen LogP contribution in [0.5, 0.6) is 5.75 Å². The molecule has 2 aromatic carbocycles. The van der Waals surface area contributed by atoms with Crippen molar-refractivity contribution in [1.82, 2.24) is 0 Å². The van der Waals surface area contributed by atoms with Crippen LogP contribution < -0.4 is 4.72 Å². The zero-order valence-corrected chi connectivity index (χ0v) is 11.7. The zero-order valence-electron chi connectivity index (χ0n) is 10.1. The number of nitrogens with one attached hydrogen (secondary N) is 1. The number of sulfonamides is 1. The van der Waals surface area contributed by atoms with Crippen LogP contribution in [0.1, 0.15) is 5.56 Å². The van der Waals surface area contributed by atoms with Gasteiger partial charge in [0.25, 0.3) is 10.0 Å². The maximum absolute atomic E-state index is 12.2. The third kappa shape index (κ3) is 2.83. The second kappa shape index (κ2) is 5.11. The fourth-order valence-electron chi connectivity index (χ4n) is 1.64. The molecular formula is C13H12ClNO3S. The molecule has 4 nitrogen and oxygen atoms in total. The minimum absolute atomic E-state index is 0.0284. The van der Waals surface area contributed by atoms with Gasteiger partial charge in [-0.3, -0.25) is 4.72 Å². The van der Waals surface area contributed by atoms with Crippen LogP contribution in [0.3, 0.4) is 0 Å². The number of halogens is 1. The summed E-state index contributed by atoms with van der Waals surface area (Å²) in [5, 5.41) is 9.84. The van der Waals surface area contributed by atoms with Gasteiger partial charge in [0.05, 0.1) is 10.7 Å². The second-order valence-electron chi connectivity index (χ2n) is 4.00. The molecule has 0 aromatic heterocycles. The number of aromatic hydroxyl groups is 1. The largest absolute Gasteiger partial charge is 0.506 e. The van der Waals surface area contributed by atoms with E-state index in [1.807, 2.05) is 0 Å². The van der Waals surface area contributed by atoms with Crippen LogP contribution in [-0.4, -0.2) is 13.5 Å². The van der Waals surface area contributed by atoms with E-state index in [0.29, 0.717) is 5.56 Å². The number of anilines is 1. The Morgan fingerprint density at radius 3 is 2.42 bits per heavy atom. The molecule has 0 aliphatic rings. The van der Waals surface area contributed by atoms with E-state index in [9.17, 15) is 13.5 Å². The molecule has 0 saturated heterocycles. The first-order valence-corrected chi connectivity index (χ1v) is 7.34. The maximum atomic E-state index is 12.2. The van der Waals surface area contributed by atoms with Crippen LogP contribution in [0.25, 0.3) is 0 Å². The molecule has 6 heteroatoms. The van der Waals surface area contributed by atoms with Gasteiger partial charge < -0.3 is 5.11 Å². The van der Waals surface area contributed by atoms with Crippen LogP contribution in [-0.2, 0) is 10.0 Å². The Morgan fingerprint density at radius 2 is 1.79 bits per heavy atom. The standard InChI is InChI=1S/C13H12ClNO3S/c1-9-5-4-7-11(16)13(9)15-19(17,18)12-8-3-2-6-10(12)14/h2-8,15-16H,1H3. The van der Waals surface area contributed by atoms with Gasteiger partial charge in [-0.15, -0.1) is 0 Å². The molecule has 0 unspecified atom stereocenters. The smallest absolute Gasteiger partial charge is 0.263 e. The number of benzene rings is 2. The van der Waals surface area contributed by atoms with Gasteiger partial charge in [-0.1, -0.05) is 35.9 Å². The summed E-state index contributed by atoms with van der Waals surface area (Å²) in [6, 6.07) is 10.9. The van der Waals surface area contributed by atoms with Crippen molar-refractivity contribution in [2.45, 2.75) is 11.8 Å². The highest BCUT2D eigenvalue weighted by Gasteiger charge is 2.19. The van der Waals surface area contributed by atoms with E-state index >= 15 is 0 Å².